The van der Waals surface area contributed by atoms with E-state index < -0.39 is 6.36 Å². The molecule has 0 aromatic heterocycles. The van der Waals surface area contributed by atoms with Crippen LogP contribution in [-0.2, 0) is 0 Å². The molecule has 1 heterocycles. The van der Waals surface area contributed by atoms with Crippen molar-refractivity contribution >= 4 is 29.3 Å². The molecule has 0 aliphatic carbocycles. The van der Waals surface area contributed by atoms with E-state index in [-0.39, 0.29) is 17.0 Å². The predicted octanol–water partition coefficient (Wildman–Crippen LogP) is 5.13. The lowest BCUT2D eigenvalue weighted by atomic mass is 10.1. The van der Waals surface area contributed by atoms with Gasteiger partial charge in [0.25, 0.3) is 5.91 Å². The van der Waals surface area contributed by atoms with Crippen molar-refractivity contribution in [2.75, 3.05) is 12.3 Å². The molecule has 8 heteroatoms. The van der Waals surface area contributed by atoms with E-state index in [4.69, 9.17) is 11.6 Å². The van der Waals surface area contributed by atoms with Gasteiger partial charge in [-0.2, -0.15) is 0 Å². The normalized spacial score (nSPS) is 17.6. The van der Waals surface area contributed by atoms with Crippen LogP contribution >= 0.6 is 23.4 Å². The first-order valence-electron chi connectivity index (χ1n) is 7.37. The standard InChI is InChI=1S/C17H13ClF3NO2S/c18-13-3-1-2-12(10-13)16-22(8-9-25-16)15(23)11-4-6-14(7-5-11)24-17(19,20)21/h1-7,10,16H,8-9H2. The third kappa shape index (κ3) is 4.41. The fraction of sp³-hybridized carbons (Fsp3) is 0.235. The lowest BCUT2D eigenvalue weighted by Crippen LogP contribution is -2.30. The van der Waals surface area contributed by atoms with E-state index in [1.165, 1.54) is 12.1 Å². The van der Waals surface area contributed by atoms with Crippen molar-refractivity contribution in [1.29, 1.82) is 0 Å². The second-order valence-electron chi connectivity index (χ2n) is 5.35. The van der Waals surface area contributed by atoms with Gasteiger partial charge < -0.3 is 9.64 Å². The zero-order valence-corrected chi connectivity index (χ0v) is 14.4. The van der Waals surface area contributed by atoms with Gasteiger partial charge in [-0.25, -0.2) is 0 Å². The summed E-state index contributed by atoms with van der Waals surface area (Å²) >= 11 is 7.64. The van der Waals surface area contributed by atoms with Gasteiger partial charge in [0.15, 0.2) is 0 Å². The van der Waals surface area contributed by atoms with Crippen LogP contribution in [-0.4, -0.2) is 29.5 Å². The van der Waals surface area contributed by atoms with E-state index in [1.807, 2.05) is 18.2 Å². The lowest BCUT2D eigenvalue weighted by Gasteiger charge is -2.24. The largest absolute Gasteiger partial charge is 0.573 e. The van der Waals surface area contributed by atoms with E-state index in [0.717, 1.165) is 23.4 Å². The summed E-state index contributed by atoms with van der Waals surface area (Å²) < 4.78 is 40.4. The third-order valence-corrected chi connectivity index (χ3v) is 5.12. The summed E-state index contributed by atoms with van der Waals surface area (Å²) in [7, 11) is 0. The molecule has 2 aromatic rings. The molecular weight excluding hydrogens is 375 g/mol. The van der Waals surface area contributed by atoms with Crippen LogP contribution < -0.4 is 4.74 Å². The van der Waals surface area contributed by atoms with Crippen molar-refractivity contribution in [3.63, 3.8) is 0 Å². The molecule has 0 N–H and O–H groups in total. The van der Waals surface area contributed by atoms with Crippen molar-refractivity contribution in [1.82, 2.24) is 4.90 Å². The smallest absolute Gasteiger partial charge is 0.406 e. The second-order valence-corrected chi connectivity index (χ2v) is 6.97. The number of carbonyl (C=O) groups excluding carboxylic acids is 1. The van der Waals surface area contributed by atoms with E-state index in [9.17, 15) is 18.0 Å². The highest BCUT2D eigenvalue weighted by atomic mass is 35.5. The summed E-state index contributed by atoms with van der Waals surface area (Å²) in [5.41, 5.74) is 1.23. The zero-order chi connectivity index (χ0) is 18.0. The molecule has 1 saturated heterocycles. The molecule has 132 valence electrons. The fourth-order valence-electron chi connectivity index (χ4n) is 2.58. The number of carbonyl (C=O) groups is 1. The van der Waals surface area contributed by atoms with Gasteiger partial charge in [-0.15, -0.1) is 24.9 Å². The van der Waals surface area contributed by atoms with Crippen LogP contribution in [0.15, 0.2) is 48.5 Å². The number of rotatable bonds is 3. The number of hydrogen-bond acceptors (Lipinski definition) is 3. The molecule has 1 amide bonds. The van der Waals surface area contributed by atoms with Crippen LogP contribution in [0, 0.1) is 0 Å². The molecule has 1 aliphatic rings. The Morgan fingerprint density at radius 3 is 2.56 bits per heavy atom. The van der Waals surface area contributed by atoms with Gasteiger partial charge in [0.05, 0.1) is 0 Å². The Morgan fingerprint density at radius 2 is 1.92 bits per heavy atom. The second kappa shape index (κ2) is 7.17. The first-order valence-corrected chi connectivity index (χ1v) is 8.80. The summed E-state index contributed by atoms with van der Waals surface area (Å²) in [5.74, 6) is 0.179. The highest BCUT2D eigenvalue weighted by Crippen LogP contribution is 2.39. The Balaban J connectivity index is 1.77. The van der Waals surface area contributed by atoms with Gasteiger partial charge in [-0.05, 0) is 42.0 Å². The molecule has 1 unspecified atom stereocenters. The Morgan fingerprint density at radius 1 is 1.20 bits per heavy atom. The maximum Gasteiger partial charge on any atom is 0.573 e. The van der Waals surface area contributed by atoms with Crippen LogP contribution in [0.3, 0.4) is 0 Å². The number of hydrogen-bond donors (Lipinski definition) is 0. The van der Waals surface area contributed by atoms with Crippen molar-refractivity contribution < 1.29 is 22.7 Å². The average molecular weight is 388 g/mol. The maximum atomic E-state index is 12.7. The van der Waals surface area contributed by atoms with Gasteiger partial charge in [0, 0.05) is 22.9 Å². The van der Waals surface area contributed by atoms with Crippen LogP contribution in [0.1, 0.15) is 21.3 Å². The average Bonchev–Trinajstić information content (AvgIpc) is 3.03. The van der Waals surface area contributed by atoms with Gasteiger partial charge in [0.2, 0.25) is 0 Å². The first-order chi connectivity index (χ1) is 11.8. The molecule has 1 aliphatic heterocycles. The van der Waals surface area contributed by atoms with Crippen LogP contribution in [0.25, 0.3) is 0 Å². The number of halogens is 4. The van der Waals surface area contributed by atoms with Crippen LogP contribution in [0.4, 0.5) is 13.2 Å². The van der Waals surface area contributed by atoms with E-state index in [1.54, 1.807) is 22.7 Å². The molecule has 1 atom stereocenters. The minimum absolute atomic E-state index is 0.169. The number of alkyl halides is 3. The summed E-state index contributed by atoms with van der Waals surface area (Å²) in [6.07, 6.45) is -4.76. The van der Waals surface area contributed by atoms with Crippen molar-refractivity contribution in [2.45, 2.75) is 11.7 Å². The Bertz CT molecular complexity index is 767. The van der Waals surface area contributed by atoms with Crippen LogP contribution in [0.5, 0.6) is 5.75 Å². The molecule has 0 bridgehead atoms. The van der Waals surface area contributed by atoms with E-state index in [2.05, 4.69) is 4.74 Å². The summed E-state index contributed by atoms with van der Waals surface area (Å²) in [6.45, 7) is 0.557. The Hall–Kier alpha value is -1.86. The molecule has 0 radical (unpaired) electrons. The predicted molar refractivity (Wildman–Crippen MR) is 90.8 cm³/mol. The molecule has 1 fully saturated rings. The molecule has 0 saturated carbocycles. The quantitative estimate of drug-likeness (QED) is 0.731. The topological polar surface area (TPSA) is 29.5 Å². The minimum Gasteiger partial charge on any atom is -0.406 e. The van der Waals surface area contributed by atoms with Gasteiger partial charge in [0.1, 0.15) is 11.1 Å². The van der Waals surface area contributed by atoms with Gasteiger partial charge in [-0.3, -0.25) is 4.79 Å². The highest BCUT2D eigenvalue weighted by molar-refractivity contribution is 7.99. The summed E-state index contributed by atoms with van der Waals surface area (Å²) in [4.78, 5) is 14.4. The van der Waals surface area contributed by atoms with Crippen molar-refractivity contribution in [3.8, 4) is 5.75 Å². The van der Waals surface area contributed by atoms with Crippen molar-refractivity contribution in [3.05, 3.63) is 64.7 Å². The fourth-order valence-corrected chi connectivity index (χ4v) is 4.02. The maximum absolute atomic E-state index is 12.7. The monoisotopic (exact) mass is 387 g/mol. The Labute approximate surface area is 151 Å². The molecule has 3 nitrogen and oxygen atoms in total. The lowest BCUT2D eigenvalue weighted by molar-refractivity contribution is -0.274. The van der Waals surface area contributed by atoms with Crippen molar-refractivity contribution in [2.24, 2.45) is 0 Å². The Kier molecular flexibility index (Phi) is 5.15. The van der Waals surface area contributed by atoms with E-state index in [0.29, 0.717) is 17.1 Å². The zero-order valence-electron chi connectivity index (χ0n) is 12.8. The molecular formula is C17H13ClF3NO2S. The minimum atomic E-state index is -4.76. The van der Waals surface area contributed by atoms with Crippen LogP contribution in [0.2, 0.25) is 5.02 Å². The van der Waals surface area contributed by atoms with Gasteiger partial charge in [-0.1, -0.05) is 23.7 Å². The number of ether oxygens (including phenoxy) is 1. The van der Waals surface area contributed by atoms with Gasteiger partial charge >= 0.3 is 6.36 Å². The third-order valence-electron chi connectivity index (χ3n) is 3.62. The number of nitrogens with zero attached hydrogens (tertiary/aromatic N) is 1. The summed E-state index contributed by atoms with van der Waals surface area (Å²) in [6, 6.07) is 12.2. The number of benzene rings is 2. The molecule has 2 aromatic carbocycles. The first kappa shape index (κ1) is 17.9. The highest BCUT2D eigenvalue weighted by Gasteiger charge is 2.33. The molecule has 0 spiro atoms. The summed E-state index contributed by atoms with van der Waals surface area (Å²) in [5, 5.41) is 0.420. The van der Waals surface area contributed by atoms with E-state index >= 15 is 0 Å². The molecule has 3 rings (SSSR count). The number of amides is 1. The SMILES string of the molecule is O=C(c1ccc(OC(F)(F)F)cc1)N1CCSC1c1cccc(Cl)c1. The molecule has 25 heavy (non-hydrogen) atoms. The number of thioether (sulfide) groups is 1.